The lowest BCUT2D eigenvalue weighted by molar-refractivity contribution is -0.135. The average Bonchev–Trinajstić information content (AvgIpc) is 3.23. The molecule has 24 heavy (non-hydrogen) atoms. The Bertz CT molecular complexity index is 712. The van der Waals surface area contributed by atoms with Crippen LogP contribution in [0.1, 0.15) is 24.7 Å². The van der Waals surface area contributed by atoms with Crippen molar-refractivity contribution in [1.29, 1.82) is 0 Å². The molecule has 126 valence electrons. The number of amides is 1. The quantitative estimate of drug-likeness (QED) is 0.867. The van der Waals surface area contributed by atoms with Crippen LogP contribution in [0.15, 0.2) is 42.7 Å². The number of pyridine rings is 1. The lowest BCUT2D eigenvalue weighted by Crippen LogP contribution is -2.38. The van der Waals surface area contributed by atoms with Gasteiger partial charge < -0.3 is 14.2 Å². The number of carbonyl (C=O) groups is 1. The molecule has 0 saturated heterocycles. The maximum atomic E-state index is 12.7. The molecule has 1 amide bonds. The highest BCUT2D eigenvalue weighted by Crippen LogP contribution is 2.39. The van der Waals surface area contributed by atoms with Gasteiger partial charge in [-0.25, -0.2) is 0 Å². The van der Waals surface area contributed by atoms with Gasteiger partial charge in [0.05, 0.1) is 31.5 Å². The largest absolute Gasteiger partial charge is 0.368 e. The molecule has 1 fully saturated rings. The van der Waals surface area contributed by atoms with Gasteiger partial charge in [-0.1, -0.05) is 13.0 Å². The molecule has 2 aromatic heterocycles. The van der Waals surface area contributed by atoms with Gasteiger partial charge in [-0.05, 0) is 36.6 Å². The minimum atomic E-state index is -0.0151. The third kappa shape index (κ3) is 3.22. The molecular formula is C19H23N3O2. The van der Waals surface area contributed by atoms with Crippen LogP contribution < -0.4 is 0 Å². The molecule has 5 nitrogen and oxygen atoms in total. The van der Waals surface area contributed by atoms with E-state index in [1.54, 1.807) is 6.20 Å². The minimum Gasteiger partial charge on any atom is -0.368 e. The zero-order valence-electron chi connectivity index (χ0n) is 14.0. The molecule has 2 aromatic rings. The van der Waals surface area contributed by atoms with E-state index in [-0.39, 0.29) is 17.9 Å². The first-order chi connectivity index (χ1) is 11.7. The fraction of sp³-hybridized carbons (Fsp3) is 0.474. The maximum absolute atomic E-state index is 12.7. The van der Waals surface area contributed by atoms with E-state index in [9.17, 15) is 4.79 Å². The Kier molecular flexibility index (Phi) is 4.10. The summed E-state index contributed by atoms with van der Waals surface area (Å²) < 4.78 is 8.31. The fourth-order valence-electron chi connectivity index (χ4n) is 3.41. The van der Waals surface area contributed by atoms with E-state index in [0.29, 0.717) is 25.6 Å². The molecule has 0 spiro atoms. The van der Waals surface area contributed by atoms with Crippen molar-refractivity contribution in [2.45, 2.75) is 39.1 Å². The summed E-state index contributed by atoms with van der Waals surface area (Å²) in [5, 5.41) is 0. The zero-order chi connectivity index (χ0) is 16.5. The second-order valence-electron chi connectivity index (χ2n) is 6.94. The fourth-order valence-corrected chi connectivity index (χ4v) is 3.41. The number of ether oxygens (including phenoxy) is 1. The molecular weight excluding hydrogens is 302 g/mol. The summed E-state index contributed by atoms with van der Waals surface area (Å²) in [6.45, 7) is 4.73. The van der Waals surface area contributed by atoms with Crippen LogP contribution in [0.2, 0.25) is 0 Å². The maximum Gasteiger partial charge on any atom is 0.226 e. The number of aromatic nitrogens is 2. The summed E-state index contributed by atoms with van der Waals surface area (Å²) in [7, 11) is 0. The first kappa shape index (κ1) is 15.4. The van der Waals surface area contributed by atoms with Gasteiger partial charge >= 0.3 is 0 Å². The van der Waals surface area contributed by atoms with E-state index in [0.717, 1.165) is 18.7 Å². The third-order valence-corrected chi connectivity index (χ3v) is 5.03. The molecule has 1 aliphatic carbocycles. The number of rotatable bonds is 4. The second-order valence-corrected chi connectivity index (χ2v) is 6.94. The zero-order valence-corrected chi connectivity index (χ0v) is 14.0. The summed E-state index contributed by atoms with van der Waals surface area (Å²) in [5.74, 6) is 1.02. The van der Waals surface area contributed by atoms with Gasteiger partial charge in [0.15, 0.2) is 0 Å². The van der Waals surface area contributed by atoms with Crippen molar-refractivity contribution in [1.82, 2.24) is 14.5 Å². The topological polar surface area (TPSA) is 47.4 Å². The van der Waals surface area contributed by atoms with E-state index in [1.807, 2.05) is 29.2 Å². The highest BCUT2D eigenvalue weighted by molar-refractivity contribution is 5.81. The van der Waals surface area contributed by atoms with Crippen LogP contribution in [0.5, 0.6) is 0 Å². The van der Waals surface area contributed by atoms with Crippen LogP contribution in [0.4, 0.5) is 0 Å². The SMILES string of the molecule is C[C@@H]1C[C@H]1C(=O)N1Cc2cccn2C[C@H](OCc2ccccn2)C1. The van der Waals surface area contributed by atoms with Crippen molar-refractivity contribution in [3.8, 4) is 0 Å². The summed E-state index contributed by atoms with van der Waals surface area (Å²) in [5.41, 5.74) is 2.10. The van der Waals surface area contributed by atoms with Crippen LogP contribution in [-0.2, 0) is 29.2 Å². The van der Waals surface area contributed by atoms with Crippen molar-refractivity contribution in [2.24, 2.45) is 11.8 Å². The molecule has 2 aliphatic rings. The molecule has 0 unspecified atom stereocenters. The Morgan fingerprint density at radius 2 is 2.17 bits per heavy atom. The molecule has 0 radical (unpaired) electrons. The molecule has 0 N–H and O–H groups in total. The van der Waals surface area contributed by atoms with Gasteiger partial charge in [0.1, 0.15) is 0 Å². The highest BCUT2D eigenvalue weighted by Gasteiger charge is 2.42. The van der Waals surface area contributed by atoms with Gasteiger partial charge in [-0.3, -0.25) is 9.78 Å². The summed E-state index contributed by atoms with van der Waals surface area (Å²) in [4.78, 5) is 19.0. The van der Waals surface area contributed by atoms with Gasteiger partial charge in [0.25, 0.3) is 0 Å². The first-order valence-electron chi connectivity index (χ1n) is 8.65. The Hall–Kier alpha value is -2.14. The van der Waals surface area contributed by atoms with Crippen LogP contribution in [-0.4, -0.2) is 33.0 Å². The molecule has 0 aromatic carbocycles. The molecule has 3 atom stereocenters. The Balaban J connectivity index is 1.48. The van der Waals surface area contributed by atoms with E-state index >= 15 is 0 Å². The Morgan fingerprint density at radius 3 is 2.92 bits per heavy atom. The predicted octanol–water partition coefficient (Wildman–Crippen LogP) is 2.47. The first-order valence-corrected chi connectivity index (χ1v) is 8.65. The minimum absolute atomic E-state index is 0.0151. The molecule has 0 bridgehead atoms. The highest BCUT2D eigenvalue weighted by atomic mass is 16.5. The smallest absolute Gasteiger partial charge is 0.226 e. The van der Waals surface area contributed by atoms with E-state index < -0.39 is 0 Å². The number of nitrogens with zero attached hydrogens (tertiary/aromatic N) is 3. The van der Waals surface area contributed by atoms with Gasteiger partial charge in [-0.2, -0.15) is 0 Å². The van der Waals surface area contributed by atoms with Crippen molar-refractivity contribution >= 4 is 5.91 Å². The summed E-state index contributed by atoms with van der Waals surface area (Å²) in [6, 6.07) is 9.97. The van der Waals surface area contributed by atoms with Crippen molar-refractivity contribution in [3.63, 3.8) is 0 Å². The number of hydrogen-bond acceptors (Lipinski definition) is 3. The lowest BCUT2D eigenvalue weighted by atomic mass is 10.2. The number of hydrogen-bond donors (Lipinski definition) is 0. The monoisotopic (exact) mass is 325 g/mol. The average molecular weight is 325 g/mol. The number of fused-ring (bicyclic) bond motifs is 1. The molecule has 5 heteroatoms. The number of carbonyl (C=O) groups excluding carboxylic acids is 1. The normalized spacial score (nSPS) is 25.9. The van der Waals surface area contributed by atoms with E-state index in [4.69, 9.17) is 4.74 Å². The van der Waals surface area contributed by atoms with E-state index in [2.05, 4.69) is 28.7 Å². The van der Waals surface area contributed by atoms with Crippen molar-refractivity contribution < 1.29 is 9.53 Å². The van der Waals surface area contributed by atoms with Gasteiger partial charge in [0.2, 0.25) is 5.91 Å². The van der Waals surface area contributed by atoms with Crippen molar-refractivity contribution in [3.05, 3.63) is 54.1 Å². The predicted molar refractivity (Wildman–Crippen MR) is 89.9 cm³/mol. The lowest BCUT2D eigenvalue weighted by Gasteiger charge is -2.24. The molecule has 3 heterocycles. The molecule has 1 saturated carbocycles. The van der Waals surface area contributed by atoms with E-state index in [1.165, 1.54) is 5.69 Å². The summed E-state index contributed by atoms with van der Waals surface area (Å²) in [6.07, 6.45) is 4.86. The Morgan fingerprint density at radius 1 is 1.29 bits per heavy atom. The Labute approximate surface area is 142 Å². The summed E-state index contributed by atoms with van der Waals surface area (Å²) >= 11 is 0. The van der Waals surface area contributed by atoms with Gasteiger partial charge in [0, 0.05) is 30.6 Å². The third-order valence-electron chi connectivity index (χ3n) is 5.03. The van der Waals surface area contributed by atoms with Crippen LogP contribution >= 0.6 is 0 Å². The standard InChI is InChI=1S/C19H23N3O2/c1-14-9-18(14)19(23)22-10-16-6-4-8-21(16)11-17(12-22)24-13-15-5-2-3-7-20-15/h2-8,14,17-18H,9-13H2,1H3/t14-,17+,18-/m1/s1. The second kappa shape index (κ2) is 6.40. The molecule has 4 rings (SSSR count). The van der Waals surface area contributed by atoms with Crippen molar-refractivity contribution in [2.75, 3.05) is 6.54 Å². The van der Waals surface area contributed by atoms with Gasteiger partial charge in [-0.15, -0.1) is 0 Å². The molecule has 1 aliphatic heterocycles. The van der Waals surface area contributed by atoms with Crippen LogP contribution in [0, 0.1) is 11.8 Å². The van der Waals surface area contributed by atoms with Crippen LogP contribution in [0.25, 0.3) is 0 Å². The van der Waals surface area contributed by atoms with Crippen LogP contribution in [0.3, 0.4) is 0 Å².